The van der Waals surface area contributed by atoms with E-state index in [1.54, 1.807) is 0 Å². The van der Waals surface area contributed by atoms with Gasteiger partial charge < -0.3 is 9.80 Å². The van der Waals surface area contributed by atoms with Crippen LogP contribution in [0.4, 0.5) is 5.82 Å². The molecule has 0 saturated carbocycles. The van der Waals surface area contributed by atoms with E-state index >= 15 is 0 Å². The average molecular weight is 336 g/mol. The van der Waals surface area contributed by atoms with Crippen LogP contribution in [0.2, 0.25) is 0 Å². The summed E-state index contributed by atoms with van der Waals surface area (Å²) in [5.74, 6) is 1.84. The molecule has 0 spiro atoms. The van der Waals surface area contributed by atoms with Crippen molar-refractivity contribution in [3.05, 3.63) is 53.9 Å². The molecule has 2 aromatic heterocycles. The predicted molar refractivity (Wildman–Crippen MR) is 98.9 cm³/mol. The Morgan fingerprint density at radius 3 is 2.80 bits per heavy atom. The predicted octanol–water partition coefficient (Wildman–Crippen LogP) is 2.19. The fraction of sp³-hybridized carbons (Fsp3) is 0.421. The Bertz CT molecular complexity index is 844. The van der Waals surface area contributed by atoms with Crippen molar-refractivity contribution >= 4 is 11.5 Å². The third-order valence-electron chi connectivity index (χ3n) is 5.11. The molecular weight excluding hydrogens is 312 g/mol. The molecule has 0 aliphatic carbocycles. The molecule has 3 heterocycles. The largest absolute Gasteiger partial charge is 0.354 e. The van der Waals surface area contributed by atoms with Crippen LogP contribution in [0.3, 0.4) is 0 Å². The fourth-order valence-electron chi connectivity index (χ4n) is 3.50. The second-order valence-electron chi connectivity index (χ2n) is 6.81. The fourth-order valence-corrected chi connectivity index (χ4v) is 3.50. The summed E-state index contributed by atoms with van der Waals surface area (Å²) < 4.78 is 1.82. The Labute approximate surface area is 148 Å². The van der Waals surface area contributed by atoms with Crippen molar-refractivity contribution in [2.75, 3.05) is 31.6 Å². The van der Waals surface area contributed by atoms with Crippen LogP contribution >= 0.6 is 0 Å². The summed E-state index contributed by atoms with van der Waals surface area (Å²) >= 11 is 0. The van der Waals surface area contributed by atoms with Crippen LogP contribution in [0.5, 0.6) is 0 Å². The average Bonchev–Trinajstić information content (AvgIpc) is 3.28. The lowest BCUT2D eigenvalue weighted by molar-refractivity contribution is 0.262. The Balaban J connectivity index is 1.39. The first-order chi connectivity index (χ1) is 12.2. The minimum Gasteiger partial charge on any atom is -0.354 e. The molecule has 130 valence electrons. The first kappa shape index (κ1) is 16.0. The molecule has 1 fully saturated rings. The number of fused-ring (bicyclic) bond motifs is 1. The van der Waals surface area contributed by atoms with E-state index in [-0.39, 0.29) is 0 Å². The minimum atomic E-state index is 0.572. The number of likely N-dealkylation sites (N-methyl/N-ethyl adjacent to an activating group) is 1. The normalized spacial score (nSPS) is 17.7. The highest BCUT2D eigenvalue weighted by Gasteiger charge is 2.26. The van der Waals surface area contributed by atoms with Gasteiger partial charge in [0.15, 0.2) is 11.5 Å². The Morgan fingerprint density at radius 1 is 1.12 bits per heavy atom. The standard InChI is InChI=1S/C19H24N6/c1-15-20-21-18-8-9-19(22-25(15)18)24-13-11-17(14-24)23(2)12-10-16-6-4-3-5-7-16/h3-9,17H,10-14H2,1-2H3. The smallest absolute Gasteiger partial charge is 0.178 e. The molecule has 0 radical (unpaired) electrons. The van der Waals surface area contributed by atoms with E-state index < -0.39 is 0 Å². The van der Waals surface area contributed by atoms with E-state index in [0.717, 1.165) is 43.3 Å². The zero-order valence-electron chi connectivity index (χ0n) is 14.8. The number of benzene rings is 1. The molecule has 6 heteroatoms. The van der Waals surface area contributed by atoms with Crippen molar-refractivity contribution in [2.24, 2.45) is 0 Å². The number of anilines is 1. The summed E-state index contributed by atoms with van der Waals surface area (Å²) in [5, 5.41) is 12.9. The number of aryl methyl sites for hydroxylation is 1. The number of hydrogen-bond acceptors (Lipinski definition) is 5. The molecule has 25 heavy (non-hydrogen) atoms. The van der Waals surface area contributed by atoms with E-state index in [1.807, 2.05) is 17.5 Å². The quantitative estimate of drug-likeness (QED) is 0.715. The molecule has 1 unspecified atom stereocenters. The molecular formula is C19H24N6. The number of nitrogens with zero attached hydrogens (tertiary/aromatic N) is 6. The van der Waals surface area contributed by atoms with Gasteiger partial charge in [0.1, 0.15) is 5.82 Å². The van der Waals surface area contributed by atoms with Crippen LogP contribution in [0.1, 0.15) is 17.8 Å². The molecule has 1 aliphatic heterocycles. The molecule has 1 aliphatic rings. The highest BCUT2D eigenvalue weighted by atomic mass is 15.4. The van der Waals surface area contributed by atoms with Gasteiger partial charge in [-0.25, -0.2) is 0 Å². The van der Waals surface area contributed by atoms with E-state index in [2.05, 4.69) is 63.4 Å². The first-order valence-corrected chi connectivity index (χ1v) is 8.89. The van der Waals surface area contributed by atoms with Crippen molar-refractivity contribution < 1.29 is 0 Å². The molecule has 4 rings (SSSR count). The van der Waals surface area contributed by atoms with Gasteiger partial charge >= 0.3 is 0 Å². The zero-order chi connectivity index (χ0) is 17.2. The van der Waals surface area contributed by atoms with Gasteiger partial charge in [0.05, 0.1) is 0 Å². The van der Waals surface area contributed by atoms with Gasteiger partial charge in [-0.15, -0.1) is 15.3 Å². The maximum Gasteiger partial charge on any atom is 0.178 e. The summed E-state index contributed by atoms with van der Waals surface area (Å²) in [4.78, 5) is 4.85. The topological polar surface area (TPSA) is 49.6 Å². The van der Waals surface area contributed by atoms with Gasteiger partial charge in [-0.1, -0.05) is 30.3 Å². The summed E-state index contributed by atoms with van der Waals surface area (Å²) in [5.41, 5.74) is 2.20. The van der Waals surface area contributed by atoms with Crippen molar-refractivity contribution in [3.63, 3.8) is 0 Å². The van der Waals surface area contributed by atoms with E-state index in [4.69, 9.17) is 5.10 Å². The molecule has 3 aromatic rings. The minimum absolute atomic E-state index is 0.572. The third kappa shape index (κ3) is 3.35. The maximum absolute atomic E-state index is 4.70. The van der Waals surface area contributed by atoms with Crippen molar-refractivity contribution in [1.82, 2.24) is 24.7 Å². The lowest BCUT2D eigenvalue weighted by Gasteiger charge is -2.25. The Hall–Kier alpha value is -2.47. The molecule has 1 atom stereocenters. The van der Waals surface area contributed by atoms with Crippen LogP contribution in [-0.2, 0) is 6.42 Å². The lowest BCUT2D eigenvalue weighted by Crippen LogP contribution is -2.36. The molecule has 1 aromatic carbocycles. The van der Waals surface area contributed by atoms with Gasteiger partial charge in [-0.3, -0.25) is 0 Å². The van der Waals surface area contributed by atoms with Crippen LogP contribution < -0.4 is 4.90 Å². The Kier molecular flexibility index (Phi) is 4.36. The maximum atomic E-state index is 4.70. The molecule has 6 nitrogen and oxygen atoms in total. The molecule has 0 bridgehead atoms. The van der Waals surface area contributed by atoms with Gasteiger partial charge in [-0.05, 0) is 44.5 Å². The monoisotopic (exact) mass is 336 g/mol. The Morgan fingerprint density at radius 2 is 1.96 bits per heavy atom. The summed E-state index contributed by atoms with van der Waals surface area (Å²) in [6.45, 7) is 5.07. The highest BCUT2D eigenvalue weighted by molar-refractivity contribution is 5.46. The number of aromatic nitrogens is 4. The van der Waals surface area contributed by atoms with Crippen molar-refractivity contribution in [2.45, 2.75) is 25.8 Å². The summed E-state index contributed by atoms with van der Waals surface area (Å²) in [7, 11) is 2.23. The highest BCUT2D eigenvalue weighted by Crippen LogP contribution is 2.21. The van der Waals surface area contributed by atoms with Gasteiger partial charge in [-0.2, -0.15) is 4.52 Å². The molecule has 1 saturated heterocycles. The van der Waals surface area contributed by atoms with Crippen LogP contribution in [0, 0.1) is 6.92 Å². The van der Waals surface area contributed by atoms with Crippen molar-refractivity contribution in [3.8, 4) is 0 Å². The number of hydrogen-bond donors (Lipinski definition) is 0. The third-order valence-corrected chi connectivity index (χ3v) is 5.11. The van der Waals surface area contributed by atoms with E-state index in [1.165, 1.54) is 12.0 Å². The molecule has 0 N–H and O–H groups in total. The second-order valence-corrected chi connectivity index (χ2v) is 6.81. The first-order valence-electron chi connectivity index (χ1n) is 8.89. The van der Waals surface area contributed by atoms with E-state index in [0.29, 0.717) is 6.04 Å². The molecule has 0 amide bonds. The zero-order valence-corrected chi connectivity index (χ0v) is 14.8. The van der Waals surface area contributed by atoms with Gasteiger partial charge in [0, 0.05) is 25.7 Å². The van der Waals surface area contributed by atoms with Crippen LogP contribution in [-0.4, -0.2) is 57.4 Å². The van der Waals surface area contributed by atoms with Crippen LogP contribution in [0.15, 0.2) is 42.5 Å². The van der Waals surface area contributed by atoms with Crippen molar-refractivity contribution in [1.29, 1.82) is 0 Å². The lowest BCUT2D eigenvalue weighted by atomic mass is 10.1. The van der Waals surface area contributed by atoms with Gasteiger partial charge in [0.2, 0.25) is 0 Å². The summed E-state index contributed by atoms with van der Waals surface area (Å²) in [6, 6.07) is 15.3. The van der Waals surface area contributed by atoms with Gasteiger partial charge in [0.25, 0.3) is 0 Å². The van der Waals surface area contributed by atoms with E-state index in [9.17, 15) is 0 Å². The summed E-state index contributed by atoms with van der Waals surface area (Å²) in [6.07, 6.45) is 2.27. The SMILES string of the molecule is Cc1nnc2ccc(N3CCC(N(C)CCc4ccccc4)C3)nn12. The van der Waals surface area contributed by atoms with Crippen LogP contribution in [0.25, 0.3) is 5.65 Å². The second kappa shape index (κ2) is 6.80. The number of rotatable bonds is 5.